The van der Waals surface area contributed by atoms with Gasteiger partial charge in [0.25, 0.3) is 0 Å². The Labute approximate surface area is 72.8 Å². The van der Waals surface area contributed by atoms with Crippen LogP contribution in [0.1, 0.15) is 19.8 Å². The molecule has 3 heteroatoms. The molecule has 2 N–H and O–H groups in total. The maximum atomic E-state index is 8.77. The summed E-state index contributed by atoms with van der Waals surface area (Å²) >= 11 is 1.86. The Kier molecular flexibility index (Phi) is 4.26. The minimum atomic E-state index is 0.303. The summed E-state index contributed by atoms with van der Waals surface area (Å²) < 4.78 is 0. The highest BCUT2D eigenvalue weighted by atomic mass is 32.2. The Bertz CT molecular complexity index is 104. The SMILES string of the molecule is CC(CO)SCC1CCCN1. The molecule has 0 aromatic carbocycles. The summed E-state index contributed by atoms with van der Waals surface area (Å²) in [6.07, 6.45) is 2.63. The second kappa shape index (κ2) is 5.01. The van der Waals surface area contributed by atoms with Crippen LogP contribution in [0.5, 0.6) is 0 Å². The highest BCUT2D eigenvalue weighted by Crippen LogP contribution is 2.15. The first kappa shape index (κ1) is 9.36. The quantitative estimate of drug-likeness (QED) is 0.664. The molecule has 11 heavy (non-hydrogen) atoms. The average Bonchev–Trinajstić information content (AvgIpc) is 2.52. The Morgan fingerprint density at radius 1 is 1.73 bits per heavy atom. The van der Waals surface area contributed by atoms with Gasteiger partial charge >= 0.3 is 0 Å². The molecule has 1 aliphatic rings. The van der Waals surface area contributed by atoms with Crippen LogP contribution in [-0.4, -0.2) is 35.3 Å². The molecule has 0 aromatic heterocycles. The van der Waals surface area contributed by atoms with E-state index in [1.807, 2.05) is 11.8 Å². The van der Waals surface area contributed by atoms with E-state index in [4.69, 9.17) is 5.11 Å². The van der Waals surface area contributed by atoms with Gasteiger partial charge in [-0.15, -0.1) is 0 Å². The fourth-order valence-electron chi connectivity index (χ4n) is 1.23. The molecule has 66 valence electrons. The molecule has 1 rings (SSSR count). The van der Waals surface area contributed by atoms with Gasteiger partial charge < -0.3 is 10.4 Å². The predicted octanol–water partition coefficient (Wildman–Crippen LogP) is 0.852. The third-order valence-corrected chi connectivity index (χ3v) is 3.31. The zero-order valence-electron chi connectivity index (χ0n) is 7.05. The zero-order chi connectivity index (χ0) is 8.10. The van der Waals surface area contributed by atoms with Crippen molar-refractivity contribution in [2.45, 2.75) is 31.1 Å². The molecule has 2 atom stereocenters. The van der Waals surface area contributed by atoms with Gasteiger partial charge in [0.1, 0.15) is 0 Å². The maximum absolute atomic E-state index is 8.77. The lowest BCUT2D eigenvalue weighted by atomic mass is 10.3. The van der Waals surface area contributed by atoms with E-state index in [0.717, 1.165) is 5.75 Å². The first-order valence-electron chi connectivity index (χ1n) is 4.28. The van der Waals surface area contributed by atoms with Crippen molar-refractivity contribution < 1.29 is 5.11 Å². The summed E-state index contributed by atoms with van der Waals surface area (Å²) in [5.74, 6) is 1.15. The van der Waals surface area contributed by atoms with Crippen LogP contribution in [0.3, 0.4) is 0 Å². The Balaban J connectivity index is 2.01. The van der Waals surface area contributed by atoms with Crippen molar-refractivity contribution in [1.29, 1.82) is 0 Å². The van der Waals surface area contributed by atoms with Gasteiger partial charge in [0.15, 0.2) is 0 Å². The minimum Gasteiger partial charge on any atom is -0.395 e. The number of aliphatic hydroxyl groups excluding tert-OH is 1. The molecule has 0 aromatic rings. The summed E-state index contributed by atoms with van der Waals surface area (Å²) in [7, 11) is 0. The van der Waals surface area contributed by atoms with Crippen molar-refractivity contribution in [2.75, 3.05) is 18.9 Å². The molecule has 0 radical (unpaired) electrons. The molecule has 2 nitrogen and oxygen atoms in total. The monoisotopic (exact) mass is 175 g/mol. The molecular weight excluding hydrogens is 158 g/mol. The second-order valence-electron chi connectivity index (χ2n) is 3.12. The number of hydrogen-bond donors (Lipinski definition) is 2. The molecule has 1 aliphatic heterocycles. The lowest BCUT2D eigenvalue weighted by Crippen LogP contribution is -2.24. The topological polar surface area (TPSA) is 32.3 Å². The van der Waals surface area contributed by atoms with Gasteiger partial charge in [-0.05, 0) is 19.4 Å². The molecule has 1 saturated heterocycles. The van der Waals surface area contributed by atoms with Gasteiger partial charge in [-0.2, -0.15) is 11.8 Å². The van der Waals surface area contributed by atoms with E-state index in [0.29, 0.717) is 17.9 Å². The number of thioether (sulfide) groups is 1. The van der Waals surface area contributed by atoms with Crippen molar-refractivity contribution >= 4 is 11.8 Å². The number of aliphatic hydroxyl groups is 1. The summed E-state index contributed by atoms with van der Waals surface area (Å²) in [5.41, 5.74) is 0. The predicted molar refractivity (Wildman–Crippen MR) is 50.0 cm³/mol. The Morgan fingerprint density at radius 3 is 3.09 bits per heavy atom. The van der Waals surface area contributed by atoms with E-state index in [1.54, 1.807) is 0 Å². The van der Waals surface area contributed by atoms with Gasteiger partial charge in [0, 0.05) is 17.0 Å². The number of rotatable bonds is 4. The zero-order valence-corrected chi connectivity index (χ0v) is 7.86. The van der Waals surface area contributed by atoms with E-state index >= 15 is 0 Å². The standard InChI is InChI=1S/C8H17NOS/c1-7(5-10)11-6-8-3-2-4-9-8/h7-10H,2-6H2,1H3. The van der Waals surface area contributed by atoms with Crippen LogP contribution < -0.4 is 5.32 Å². The Hall–Kier alpha value is 0.270. The van der Waals surface area contributed by atoms with E-state index in [-0.39, 0.29) is 0 Å². The molecule has 0 bridgehead atoms. The van der Waals surface area contributed by atoms with Crippen LogP contribution >= 0.6 is 11.8 Å². The van der Waals surface area contributed by atoms with Crippen molar-refractivity contribution in [1.82, 2.24) is 5.32 Å². The molecule has 0 spiro atoms. The minimum absolute atomic E-state index is 0.303. The fraction of sp³-hybridized carbons (Fsp3) is 1.00. The van der Waals surface area contributed by atoms with Crippen LogP contribution in [0.2, 0.25) is 0 Å². The second-order valence-corrected chi connectivity index (χ2v) is 4.59. The average molecular weight is 175 g/mol. The van der Waals surface area contributed by atoms with Crippen molar-refractivity contribution in [2.24, 2.45) is 0 Å². The highest BCUT2D eigenvalue weighted by Gasteiger charge is 2.14. The molecule has 1 heterocycles. The molecule has 1 fully saturated rings. The molecule has 0 saturated carbocycles. The summed E-state index contributed by atoms with van der Waals surface area (Å²) in [6.45, 7) is 3.55. The van der Waals surface area contributed by atoms with Gasteiger partial charge in [-0.3, -0.25) is 0 Å². The smallest absolute Gasteiger partial charge is 0.0547 e. The molecule has 0 aliphatic carbocycles. The van der Waals surface area contributed by atoms with Gasteiger partial charge in [0.2, 0.25) is 0 Å². The fourth-order valence-corrected chi connectivity index (χ4v) is 2.18. The van der Waals surface area contributed by atoms with E-state index in [1.165, 1.54) is 19.4 Å². The number of nitrogens with one attached hydrogen (secondary N) is 1. The van der Waals surface area contributed by atoms with Crippen LogP contribution in [-0.2, 0) is 0 Å². The largest absolute Gasteiger partial charge is 0.395 e. The number of hydrogen-bond acceptors (Lipinski definition) is 3. The first-order chi connectivity index (χ1) is 5.33. The van der Waals surface area contributed by atoms with E-state index in [2.05, 4.69) is 12.2 Å². The molecule has 2 unspecified atom stereocenters. The first-order valence-corrected chi connectivity index (χ1v) is 5.33. The van der Waals surface area contributed by atoms with Crippen molar-refractivity contribution in [3.63, 3.8) is 0 Å². The lowest BCUT2D eigenvalue weighted by Gasteiger charge is -2.12. The van der Waals surface area contributed by atoms with Crippen LogP contribution in [0, 0.1) is 0 Å². The summed E-state index contributed by atoms with van der Waals surface area (Å²) in [5, 5.41) is 12.6. The van der Waals surface area contributed by atoms with Gasteiger partial charge in [-0.25, -0.2) is 0 Å². The summed E-state index contributed by atoms with van der Waals surface area (Å²) in [6, 6.07) is 0.703. The summed E-state index contributed by atoms with van der Waals surface area (Å²) in [4.78, 5) is 0. The van der Waals surface area contributed by atoms with Crippen molar-refractivity contribution in [3.05, 3.63) is 0 Å². The maximum Gasteiger partial charge on any atom is 0.0547 e. The Morgan fingerprint density at radius 2 is 2.55 bits per heavy atom. The third-order valence-electron chi connectivity index (χ3n) is 2.00. The van der Waals surface area contributed by atoms with Gasteiger partial charge in [-0.1, -0.05) is 6.92 Å². The van der Waals surface area contributed by atoms with E-state index < -0.39 is 0 Å². The molecule has 0 amide bonds. The normalized spacial score (nSPS) is 27.3. The third kappa shape index (κ3) is 3.45. The van der Waals surface area contributed by atoms with Gasteiger partial charge in [0.05, 0.1) is 6.61 Å². The van der Waals surface area contributed by atoms with Crippen molar-refractivity contribution in [3.8, 4) is 0 Å². The van der Waals surface area contributed by atoms with Crippen LogP contribution in [0.4, 0.5) is 0 Å². The van der Waals surface area contributed by atoms with Crippen LogP contribution in [0.15, 0.2) is 0 Å². The molecular formula is C8H17NOS. The highest BCUT2D eigenvalue weighted by molar-refractivity contribution is 7.99. The lowest BCUT2D eigenvalue weighted by molar-refractivity contribution is 0.300. The van der Waals surface area contributed by atoms with Crippen LogP contribution in [0.25, 0.3) is 0 Å². The van der Waals surface area contributed by atoms with E-state index in [9.17, 15) is 0 Å².